The number of hydrogen-bond acceptors (Lipinski definition) is 4. The lowest BCUT2D eigenvalue weighted by Gasteiger charge is -1.98. The van der Waals surface area contributed by atoms with Gasteiger partial charge in [0, 0.05) is 11.6 Å². The number of aromatic nitrogens is 1. The SMILES string of the molecule is NCc1nc(C(=O)O)c(-c2ccc(Cl)cc2)s1. The normalized spacial score (nSPS) is 10.5. The van der Waals surface area contributed by atoms with Crippen LogP contribution >= 0.6 is 22.9 Å². The van der Waals surface area contributed by atoms with Gasteiger partial charge in [-0.2, -0.15) is 0 Å². The summed E-state index contributed by atoms with van der Waals surface area (Å²) in [7, 11) is 0. The van der Waals surface area contributed by atoms with E-state index in [2.05, 4.69) is 4.98 Å². The molecule has 0 spiro atoms. The summed E-state index contributed by atoms with van der Waals surface area (Å²) in [5, 5.41) is 10.3. The number of carbonyl (C=O) groups is 1. The summed E-state index contributed by atoms with van der Waals surface area (Å²) >= 11 is 7.07. The highest BCUT2D eigenvalue weighted by Gasteiger charge is 2.17. The van der Waals surface area contributed by atoms with Crippen LogP contribution in [0.3, 0.4) is 0 Å². The summed E-state index contributed by atoms with van der Waals surface area (Å²) in [6.45, 7) is 0.235. The molecule has 0 amide bonds. The second-order valence-corrected chi connectivity index (χ2v) is 4.82. The van der Waals surface area contributed by atoms with Crippen molar-refractivity contribution >= 4 is 28.9 Å². The minimum atomic E-state index is -1.05. The van der Waals surface area contributed by atoms with Crippen LogP contribution in [0.15, 0.2) is 24.3 Å². The zero-order valence-corrected chi connectivity index (χ0v) is 10.3. The Morgan fingerprint density at radius 3 is 2.59 bits per heavy atom. The number of benzene rings is 1. The molecule has 1 heterocycles. The van der Waals surface area contributed by atoms with Crippen LogP contribution in [-0.2, 0) is 6.54 Å². The lowest BCUT2D eigenvalue weighted by Crippen LogP contribution is -2.01. The van der Waals surface area contributed by atoms with E-state index in [9.17, 15) is 4.79 Å². The third-order valence-electron chi connectivity index (χ3n) is 2.16. The molecule has 88 valence electrons. The van der Waals surface area contributed by atoms with Crippen molar-refractivity contribution < 1.29 is 9.90 Å². The fourth-order valence-electron chi connectivity index (χ4n) is 1.39. The average molecular weight is 269 g/mol. The number of nitrogens with zero attached hydrogens (tertiary/aromatic N) is 1. The molecule has 0 aliphatic heterocycles. The Kier molecular flexibility index (Phi) is 3.42. The highest BCUT2D eigenvalue weighted by molar-refractivity contribution is 7.15. The maximum absolute atomic E-state index is 11.1. The van der Waals surface area contributed by atoms with Gasteiger partial charge in [0.2, 0.25) is 0 Å². The van der Waals surface area contributed by atoms with Crippen LogP contribution in [0, 0.1) is 0 Å². The molecule has 0 bridgehead atoms. The summed E-state index contributed by atoms with van der Waals surface area (Å²) in [6, 6.07) is 6.96. The van der Waals surface area contributed by atoms with Gasteiger partial charge in [0.15, 0.2) is 5.69 Å². The van der Waals surface area contributed by atoms with Gasteiger partial charge < -0.3 is 10.8 Å². The first-order valence-corrected chi connectivity index (χ1v) is 6.00. The van der Waals surface area contributed by atoms with E-state index in [4.69, 9.17) is 22.4 Å². The smallest absolute Gasteiger partial charge is 0.356 e. The molecule has 0 unspecified atom stereocenters. The van der Waals surface area contributed by atoms with Gasteiger partial charge in [0.25, 0.3) is 0 Å². The number of nitrogens with two attached hydrogens (primary N) is 1. The molecule has 4 nitrogen and oxygen atoms in total. The number of aromatic carboxylic acids is 1. The van der Waals surface area contributed by atoms with Crippen LogP contribution in [0.2, 0.25) is 5.02 Å². The van der Waals surface area contributed by atoms with E-state index in [1.807, 2.05) is 0 Å². The summed E-state index contributed by atoms with van der Waals surface area (Å²) in [6.07, 6.45) is 0. The van der Waals surface area contributed by atoms with Gasteiger partial charge in [0.1, 0.15) is 5.01 Å². The number of halogens is 1. The lowest BCUT2D eigenvalue weighted by atomic mass is 10.1. The zero-order chi connectivity index (χ0) is 12.4. The highest BCUT2D eigenvalue weighted by Crippen LogP contribution is 2.31. The highest BCUT2D eigenvalue weighted by atomic mass is 35.5. The van der Waals surface area contributed by atoms with Crippen LogP contribution in [0.25, 0.3) is 10.4 Å². The molecular weight excluding hydrogens is 260 g/mol. The summed E-state index contributed by atoms with van der Waals surface area (Å²) < 4.78 is 0. The maximum Gasteiger partial charge on any atom is 0.356 e. The van der Waals surface area contributed by atoms with Crippen LogP contribution in [-0.4, -0.2) is 16.1 Å². The lowest BCUT2D eigenvalue weighted by molar-refractivity contribution is 0.0692. The van der Waals surface area contributed by atoms with E-state index in [0.717, 1.165) is 5.56 Å². The van der Waals surface area contributed by atoms with Gasteiger partial charge in [-0.25, -0.2) is 9.78 Å². The molecule has 0 saturated heterocycles. The minimum Gasteiger partial charge on any atom is -0.476 e. The van der Waals surface area contributed by atoms with Crippen molar-refractivity contribution in [2.75, 3.05) is 0 Å². The molecule has 0 radical (unpaired) electrons. The zero-order valence-electron chi connectivity index (χ0n) is 8.68. The third kappa shape index (κ3) is 2.46. The first-order chi connectivity index (χ1) is 8.11. The molecule has 0 saturated carbocycles. The molecule has 1 aromatic heterocycles. The van der Waals surface area contributed by atoms with Crippen molar-refractivity contribution in [2.45, 2.75) is 6.54 Å². The number of carboxylic acid groups (broad SMARTS) is 1. The quantitative estimate of drug-likeness (QED) is 0.897. The van der Waals surface area contributed by atoms with Crippen molar-refractivity contribution in [3.05, 3.63) is 40.0 Å². The summed E-state index contributed by atoms with van der Waals surface area (Å²) in [5.74, 6) is -1.05. The Morgan fingerprint density at radius 2 is 2.06 bits per heavy atom. The first kappa shape index (κ1) is 12.0. The molecule has 2 rings (SSSR count). The second-order valence-electron chi connectivity index (χ2n) is 3.30. The number of carboxylic acids is 1. The predicted molar refractivity (Wildman–Crippen MR) is 67.4 cm³/mol. The molecule has 0 aliphatic carbocycles. The number of rotatable bonds is 3. The largest absolute Gasteiger partial charge is 0.476 e. The number of hydrogen-bond donors (Lipinski definition) is 2. The van der Waals surface area contributed by atoms with Crippen LogP contribution in [0.4, 0.5) is 0 Å². The molecule has 2 aromatic rings. The molecule has 3 N–H and O–H groups in total. The molecule has 0 aliphatic rings. The molecule has 0 atom stereocenters. The molecule has 1 aromatic carbocycles. The van der Waals surface area contributed by atoms with E-state index in [1.54, 1.807) is 24.3 Å². The molecule has 0 fully saturated rings. The Hall–Kier alpha value is -1.43. The maximum atomic E-state index is 11.1. The van der Waals surface area contributed by atoms with E-state index in [1.165, 1.54) is 11.3 Å². The van der Waals surface area contributed by atoms with Crippen LogP contribution in [0.5, 0.6) is 0 Å². The second kappa shape index (κ2) is 4.83. The fraction of sp³-hybridized carbons (Fsp3) is 0.0909. The van der Waals surface area contributed by atoms with Gasteiger partial charge in [-0.15, -0.1) is 11.3 Å². The predicted octanol–water partition coefficient (Wildman–Crippen LogP) is 2.62. The summed E-state index contributed by atoms with van der Waals surface area (Å²) in [5.41, 5.74) is 6.29. The Morgan fingerprint density at radius 1 is 1.41 bits per heavy atom. The molecule has 6 heteroatoms. The van der Waals surface area contributed by atoms with E-state index >= 15 is 0 Å². The summed E-state index contributed by atoms with van der Waals surface area (Å²) in [4.78, 5) is 15.7. The monoisotopic (exact) mass is 268 g/mol. The van der Waals surface area contributed by atoms with E-state index in [-0.39, 0.29) is 12.2 Å². The Labute approximate surface area is 107 Å². The van der Waals surface area contributed by atoms with E-state index < -0.39 is 5.97 Å². The van der Waals surface area contributed by atoms with Crippen molar-refractivity contribution in [1.29, 1.82) is 0 Å². The molecular formula is C11H9ClN2O2S. The van der Waals surface area contributed by atoms with Gasteiger partial charge in [-0.1, -0.05) is 23.7 Å². The molecule has 17 heavy (non-hydrogen) atoms. The van der Waals surface area contributed by atoms with Gasteiger partial charge in [-0.05, 0) is 17.7 Å². The first-order valence-electron chi connectivity index (χ1n) is 4.81. The van der Waals surface area contributed by atoms with Gasteiger partial charge in [0.05, 0.1) is 4.88 Å². The fourth-order valence-corrected chi connectivity index (χ4v) is 2.46. The third-order valence-corrected chi connectivity index (χ3v) is 3.53. The van der Waals surface area contributed by atoms with Crippen molar-refractivity contribution in [2.24, 2.45) is 5.73 Å². The average Bonchev–Trinajstić information content (AvgIpc) is 2.74. The van der Waals surface area contributed by atoms with Crippen molar-refractivity contribution in [3.8, 4) is 10.4 Å². The van der Waals surface area contributed by atoms with Gasteiger partial charge >= 0.3 is 5.97 Å². The topological polar surface area (TPSA) is 76.2 Å². The minimum absolute atomic E-state index is 0.0396. The van der Waals surface area contributed by atoms with Gasteiger partial charge in [-0.3, -0.25) is 0 Å². The Balaban J connectivity index is 2.53. The van der Waals surface area contributed by atoms with E-state index in [0.29, 0.717) is 14.9 Å². The van der Waals surface area contributed by atoms with Crippen LogP contribution < -0.4 is 5.73 Å². The number of thiazole rings is 1. The van der Waals surface area contributed by atoms with Crippen molar-refractivity contribution in [1.82, 2.24) is 4.98 Å². The standard InChI is InChI=1S/C11H9ClN2O2S/c12-7-3-1-6(2-4-7)10-9(11(15)16)14-8(5-13)17-10/h1-4H,5,13H2,(H,15,16). The van der Waals surface area contributed by atoms with Crippen molar-refractivity contribution in [3.63, 3.8) is 0 Å². The Bertz CT molecular complexity index is 551. The van der Waals surface area contributed by atoms with Crippen LogP contribution in [0.1, 0.15) is 15.5 Å².